The molecule has 1 aliphatic carbocycles. The van der Waals surface area contributed by atoms with Crippen molar-refractivity contribution in [2.75, 3.05) is 5.43 Å². The van der Waals surface area contributed by atoms with Gasteiger partial charge in [0.1, 0.15) is 16.9 Å². The summed E-state index contributed by atoms with van der Waals surface area (Å²) in [6.07, 6.45) is 7.98. The van der Waals surface area contributed by atoms with Gasteiger partial charge in [0, 0.05) is 4.88 Å². The zero-order chi connectivity index (χ0) is 19.7. The zero-order valence-corrected chi connectivity index (χ0v) is 17.4. The van der Waals surface area contributed by atoms with E-state index >= 15 is 0 Å². The standard InChI is InChI=1S/C22H26N4OS/c1-4-22(2,3)15-7-10-18-17(11-15)19-20(23-13-24-21(19)28-18)26-25-12-14-5-8-16(27)9-6-14/h5-6,8-9,12-13,15,27H,4,7,10-11H2,1-3H3,(H,23,24,26)/b25-12+. The van der Waals surface area contributed by atoms with Gasteiger partial charge in [0.25, 0.3) is 0 Å². The number of nitrogens with one attached hydrogen (secondary N) is 1. The Morgan fingerprint density at radius 1 is 1.29 bits per heavy atom. The van der Waals surface area contributed by atoms with E-state index in [9.17, 15) is 5.11 Å². The number of benzene rings is 1. The number of hydrazone groups is 1. The van der Waals surface area contributed by atoms with Crippen LogP contribution in [0.4, 0.5) is 5.82 Å². The molecule has 1 atom stereocenters. The summed E-state index contributed by atoms with van der Waals surface area (Å²) < 4.78 is 0. The van der Waals surface area contributed by atoms with Crippen molar-refractivity contribution in [2.45, 2.75) is 46.5 Å². The predicted octanol–water partition coefficient (Wildman–Crippen LogP) is 5.38. The Morgan fingerprint density at radius 2 is 2.07 bits per heavy atom. The van der Waals surface area contributed by atoms with Crippen LogP contribution in [0.3, 0.4) is 0 Å². The number of aryl methyl sites for hydroxylation is 1. The monoisotopic (exact) mass is 394 g/mol. The molecule has 28 heavy (non-hydrogen) atoms. The number of hydrogen-bond donors (Lipinski definition) is 2. The van der Waals surface area contributed by atoms with Crippen LogP contribution in [0.25, 0.3) is 10.2 Å². The molecule has 1 aliphatic rings. The number of hydrogen-bond acceptors (Lipinski definition) is 6. The minimum absolute atomic E-state index is 0.247. The number of fused-ring (bicyclic) bond motifs is 3. The molecule has 1 aromatic carbocycles. The van der Waals surface area contributed by atoms with E-state index in [1.54, 1.807) is 36.0 Å². The van der Waals surface area contributed by atoms with Crippen LogP contribution in [-0.4, -0.2) is 21.3 Å². The van der Waals surface area contributed by atoms with Gasteiger partial charge in [-0.1, -0.05) is 27.2 Å². The Hall–Kier alpha value is -2.47. The number of anilines is 1. The summed E-state index contributed by atoms with van der Waals surface area (Å²) in [6, 6.07) is 6.93. The number of nitrogens with zero attached hydrogens (tertiary/aromatic N) is 3. The maximum Gasteiger partial charge on any atom is 0.158 e. The topological polar surface area (TPSA) is 70.4 Å². The second kappa shape index (κ2) is 7.51. The maximum atomic E-state index is 9.39. The smallest absolute Gasteiger partial charge is 0.158 e. The second-order valence-electron chi connectivity index (χ2n) is 8.15. The summed E-state index contributed by atoms with van der Waals surface area (Å²) >= 11 is 1.79. The van der Waals surface area contributed by atoms with Gasteiger partial charge in [-0.05, 0) is 66.0 Å². The molecule has 6 heteroatoms. The number of aromatic nitrogens is 2. The zero-order valence-electron chi connectivity index (χ0n) is 16.6. The van der Waals surface area contributed by atoms with Crippen molar-refractivity contribution in [1.82, 2.24) is 9.97 Å². The first-order valence-electron chi connectivity index (χ1n) is 9.81. The lowest BCUT2D eigenvalue weighted by atomic mass is 9.69. The third-order valence-electron chi connectivity index (χ3n) is 6.13. The van der Waals surface area contributed by atoms with Gasteiger partial charge in [0.2, 0.25) is 0 Å². The number of rotatable bonds is 5. The molecule has 0 radical (unpaired) electrons. The van der Waals surface area contributed by atoms with Crippen LogP contribution in [0.5, 0.6) is 5.75 Å². The second-order valence-corrected chi connectivity index (χ2v) is 9.23. The van der Waals surface area contributed by atoms with Crippen LogP contribution in [0, 0.1) is 11.3 Å². The normalized spacial score (nSPS) is 17.2. The predicted molar refractivity (Wildman–Crippen MR) is 116 cm³/mol. The Kier molecular flexibility index (Phi) is 5.06. The quantitative estimate of drug-likeness (QED) is 0.450. The molecule has 0 aliphatic heterocycles. The minimum atomic E-state index is 0.247. The lowest BCUT2D eigenvalue weighted by Gasteiger charge is -2.36. The molecule has 0 saturated heterocycles. The van der Waals surface area contributed by atoms with E-state index in [-0.39, 0.29) is 5.75 Å². The van der Waals surface area contributed by atoms with E-state index in [0.29, 0.717) is 11.3 Å². The lowest BCUT2D eigenvalue weighted by Crippen LogP contribution is -2.28. The van der Waals surface area contributed by atoms with Crippen LogP contribution in [0.15, 0.2) is 35.7 Å². The third kappa shape index (κ3) is 3.61. The van der Waals surface area contributed by atoms with Crippen molar-refractivity contribution in [2.24, 2.45) is 16.4 Å². The Balaban J connectivity index is 1.63. The van der Waals surface area contributed by atoms with Crippen LogP contribution in [0.1, 0.15) is 49.6 Å². The molecule has 2 aromatic heterocycles. The first kappa shape index (κ1) is 18.9. The van der Waals surface area contributed by atoms with Gasteiger partial charge < -0.3 is 5.11 Å². The molecule has 3 aromatic rings. The molecule has 146 valence electrons. The average Bonchev–Trinajstić information content (AvgIpc) is 3.08. The highest BCUT2D eigenvalue weighted by molar-refractivity contribution is 7.19. The van der Waals surface area contributed by atoms with E-state index in [1.165, 1.54) is 23.3 Å². The highest BCUT2D eigenvalue weighted by Crippen LogP contribution is 2.45. The van der Waals surface area contributed by atoms with Crippen molar-refractivity contribution in [3.8, 4) is 5.75 Å². The molecule has 1 unspecified atom stereocenters. The summed E-state index contributed by atoms with van der Waals surface area (Å²) in [6.45, 7) is 7.05. The van der Waals surface area contributed by atoms with E-state index < -0.39 is 0 Å². The van der Waals surface area contributed by atoms with Gasteiger partial charge in [0.05, 0.1) is 11.6 Å². The number of aromatic hydroxyl groups is 1. The number of phenolic OH excluding ortho intramolecular Hbond substituents is 1. The molecule has 4 rings (SSSR count). The van der Waals surface area contributed by atoms with Gasteiger partial charge in [0.15, 0.2) is 5.82 Å². The van der Waals surface area contributed by atoms with Crippen molar-refractivity contribution in [3.05, 3.63) is 46.6 Å². The maximum absolute atomic E-state index is 9.39. The summed E-state index contributed by atoms with van der Waals surface area (Å²) in [7, 11) is 0. The van der Waals surface area contributed by atoms with Crippen molar-refractivity contribution >= 4 is 33.6 Å². The number of thiophene rings is 1. The molecule has 0 amide bonds. The largest absolute Gasteiger partial charge is 0.508 e. The fraction of sp³-hybridized carbons (Fsp3) is 0.409. The highest BCUT2D eigenvalue weighted by Gasteiger charge is 2.33. The Bertz CT molecular complexity index is 1010. The van der Waals surface area contributed by atoms with Gasteiger partial charge in [-0.2, -0.15) is 5.10 Å². The molecule has 0 saturated carbocycles. The Labute approximate surface area is 169 Å². The summed E-state index contributed by atoms with van der Waals surface area (Å²) in [5.74, 6) is 1.70. The lowest BCUT2D eigenvalue weighted by molar-refractivity contribution is 0.184. The fourth-order valence-electron chi connectivity index (χ4n) is 3.88. The fourth-order valence-corrected chi connectivity index (χ4v) is 5.06. The van der Waals surface area contributed by atoms with Crippen LogP contribution in [0.2, 0.25) is 0 Å². The highest BCUT2D eigenvalue weighted by atomic mass is 32.1. The van der Waals surface area contributed by atoms with Gasteiger partial charge in [-0.3, -0.25) is 5.43 Å². The molecular formula is C22H26N4OS. The molecular weight excluding hydrogens is 368 g/mol. The first-order valence-corrected chi connectivity index (χ1v) is 10.6. The average molecular weight is 395 g/mol. The van der Waals surface area contributed by atoms with E-state index in [2.05, 4.69) is 41.3 Å². The first-order chi connectivity index (χ1) is 13.5. The van der Waals surface area contributed by atoms with E-state index in [4.69, 9.17) is 0 Å². The van der Waals surface area contributed by atoms with Crippen LogP contribution >= 0.6 is 11.3 Å². The molecule has 5 nitrogen and oxygen atoms in total. The van der Waals surface area contributed by atoms with Gasteiger partial charge in [-0.15, -0.1) is 11.3 Å². The van der Waals surface area contributed by atoms with Crippen molar-refractivity contribution in [3.63, 3.8) is 0 Å². The molecule has 0 fully saturated rings. The van der Waals surface area contributed by atoms with Crippen molar-refractivity contribution < 1.29 is 5.11 Å². The van der Waals surface area contributed by atoms with Crippen molar-refractivity contribution in [1.29, 1.82) is 0 Å². The van der Waals surface area contributed by atoms with E-state index in [0.717, 1.165) is 34.4 Å². The van der Waals surface area contributed by atoms with Gasteiger partial charge >= 0.3 is 0 Å². The minimum Gasteiger partial charge on any atom is -0.508 e. The summed E-state index contributed by atoms with van der Waals surface area (Å²) in [5, 5.41) is 14.9. The van der Waals surface area contributed by atoms with Gasteiger partial charge in [-0.25, -0.2) is 9.97 Å². The van der Waals surface area contributed by atoms with E-state index in [1.807, 2.05) is 12.1 Å². The molecule has 2 heterocycles. The third-order valence-corrected chi connectivity index (χ3v) is 7.33. The number of phenols is 1. The molecule has 2 N–H and O–H groups in total. The molecule has 0 spiro atoms. The Morgan fingerprint density at radius 3 is 2.82 bits per heavy atom. The van der Waals surface area contributed by atoms with Crippen LogP contribution in [-0.2, 0) is 12.8 Å². The SMILES string of the molecule is CCC(C)(C)C1CCc2sc3ncnc(N/N=C/c4ccc(O)cc4)c3c2C1. The summed E-state index contributed by atoms with van der Waals surface area (Å²) in [5.41, 5.74) is 5.77. The molecule has 0 bridgehead atoms. The summed E-state index contributed by atoms with van der Waals surface area (Å²) in [4.78, 5) is 11.5. The van der Waals surface area contributed by atoms with Crippen LogP contribution < -0.4 is 5.43 Å².